The molecule has 0 aromatic carbocycles. The average Bonchev–Trinajstić information content (AvgIpc) is 2.52. The van der Waals surface area contributed by atoms with Crippen LogP contribution in [-0.4, -0.2) is 9.97 Å². The highest BCUT2D eigenvalue weighted by molar-refractivity contribution is 7.17. The second kappa shape index (κ2) is 2.99. The van der Waals surface area contributed by atoms with Gasteiger partial charge >= 0.3 is 0 Å². The smallest absolute Gasteiger partial charge is 0.150 e. The van der Waals surface area contributed by atoms with Crippen molar-refractivity contribution in [2.75, 3.05) is 0 Å². The van der Waals surface area contributed by atoms with Gasteiger partial charge in [-0.2, -0.15) is 0 Å². The van der Waals surface area contributed by atoms with Gasteiger partial charge in [-0.15, -0.1) is 11.3 Å². The van der Waals surface area contributed by atoms with E-state index < -0.39 is 0 Å². The Morgan fingerprint density at radius 3 is 3.08 bits per heavy atom. The summed E-state index contributed by atoms with van der Waals surface area (Å²) < 4.78 is 0.980. The zero-order valence-corrected chi connectivity index (χ0v) is 8.11. The van der Waals surface area contributed by atoms with E-state index in [-0.39, 0.29) is 0 Å². The lowest BCUT2D eigenvalue weighted by Crippen LogP contribution is -1.91. The highest BCUT2D eigenvalue weighted by atomic mass is 35.5. The van der Waals surface area contributed by atoms with Crippen molar-refractivity contribution in [1.29, 1.82) is 0 Å². The number of nitrogens with zero attached hydrogens (tertiary/aromatic N) is 2. The highest BCUT2D eigenvalue weighted by Gasteiger charge is 2.04. The molecule has 0 amide bonds. The summed E-state index contributed by atoms with van der Waals surface area (Å²) in [6.45, 7) is 2.02. The lowest BCUT2D eigenvalue weighted by molar-refractivity contribution is 0.963. The van der Waals surface area contributed by atoms with E-state index >= 15 is 0 Å². The van der Waals surface area contributed by atoms with Crippen LogP contribution in [0.3, 0.4) is 0 Å². The number of aryl methyl sites for hydroxylation is 1. The van der Waals surface area contributed by atoms with Crippen molar-refractivity contribution < 1.29 is 0 Å². The standard InChI is InChI=1S/C8H7ClN2S/c1-2-6-10-5-3-4-12-7(5)8(9)11-6/h3-4H,2H2,1H3. The number of hydrogen-bond acceptors (Lipinski definition) is 3. The number of thiophene rings is 1. The molecule has 0 bridgehead atoms. The van der Waals surface area contributed by atoms with E-state index in [1.165, 1.54) is 0 Å². The number of hydrogen-bond donors (Lipinski definition) is 0. The molecule has 2 rings (SSSR count). The van der Waals surface area contributed by atoms with Gasteiger partial charge in [0.2, 0.25) is 0 Å². The molecule has 0 aliphatic carbocycles. The molecule has 0 spiro atoms. The first-order valence-corrected chi connectivity index (χ1v) is 4.96. The molecule has 4 heteroatoms. The third-order valence-corrected chi connectivity index (χ3v) is 2.92. The second-order valence-electron chi connectivity index (χ2n) is 2.42. The van der Waals surface area contributed by atoms with Crippen molar-refractivity contribution >= 4 is 33.2 Å². The second-order valence-corrected chi connectivity index (χ2v) is 3.69. The van der Waals surface area contributed by atoms with E-state index in [0.717, 1.165) is 22.5 Å². The Kier molecular flexibility index (Phi) is 1.98. The maximum atomic E-state index is 5.94. The van der Waals surface area contributed by atoms with Gasteiger partial charge in [-0.25, -0.2) is 9.97 Å². The SMILES string of the molecule is CCc1nc(Cl)c2sccc2n1. The Bertz CT molecular complexity index is 410. The van der Waals surface area contributed by atoms with Crippen LogP contribution in [0.25, 0.3) is 10.2 Å². The van der Waals surface area contributed by atoms with Gasteiger partial charge in [-0.05, 0) is 11.4 Å². The van der Waals surface area contributed by atoms with Crippen LogP contribution < -0.4 is 0 Å². The fourth-order valence-corrected chi connectivity index (χ4v) is 2.07. The topological polar surface area (TPSA) is 25.8 Å². The summed E-state index contributed by atoms with van der Waals surface area (Å²) in [5.41, 5.74) is 0.955. The summed E-state index contributed by atoms with van der Waals surface area (Å²) >= 11 is 7.52. The van der Waals surface area contributed by atoms with Crippen LogP contribution in [0.5, 0.6) is 0 Å². The molecule has 62 valence electrons. The predicted octanol–water partition coefficient (Wildman–Crippen LogP) is 2.91. The van der Waals surface area contributed by atoms with E-state index in [1.807, 2.05) is 18.4 Å². The van der Waals surface area contributed by atoms with Crippen LogP contribution in [0.4, 0.5) is 0 Å². The molecule has 0 saturated heterocycles. The molecule has 2 heterocycles. The van der Waals surface area contributed by atoms with Crippen molar-refractivity contribution in [3.8, 4) is 0 Å². The van der Waals surface area contributed by atoms with Gasteiger partial charge < -0.3 is 0 Å². The number of fused-ring (bicyclic) bond motifs is 1. The summed E-state index contributed by atoms with van der Waals surface area (Å²) in [5, 5.41) is 2.55. The van der Waals surface area contributed by atoms with Crippen molar-refractivity contribution in [2.24, 2.45) is 0 Å². The van der Waals surface area contributed by atoms with Crippen LogP contribution >= 0.6 is 22.9 Å². The van der Waals surface area contributed by atoms with Crippen LogP contribution in [0.15, 0.2) is 11.4 Å². The van der Waals surface area contributed by atoms with Crippen molar-refractivity contribution in [1.82, 2.24) is 9.97 Å². The third-order valence-electron chi connectivity index (χ3n) is 1.62. The molecule has 0 aliphatic rings. The summed E-state index contributed by atoms with van der Waals surface area (Å²) in [4.78, 5) is 8.49. The van der Waals surface area contributed by atoms with Crippen molar-refractivity contribution in [2.45, 2.75) is 13.3 Å². The number of rotatable bonds is 1. The highest BCUT2D eigenvalue weighted by Crippen LogP contribution is 2.25. The predicted molar refractivity (Wildman–Crippen MR) is 51.8 cm³/mol. The summed E-state index contributed by atoms with van der Waals surface area (Å²) in [6, 6.07) is 1.96. The van der Waals surface area contributed by atoms with Gasteiger partial charge in [0.15, 0.2) is 5.15 Å². The monoisotopic (exact) mass is 198 g/mol. The first-order chi connectivity index (χ1) is 5.81. The Balaban J connectivity index is 2.75. The zero-order valence-electron chi connectivity index (χ0n) is 6.54. The molecule has 2 nitrogen and oxygen atoms in total. The fraction of sp³-hybridized carbons (Fsp3) is 0.250. The molecule has 0 unspecified atom stereocenters. The first kappa shape index (κ1) is 7.95. The summed E-state index contributed by atoms with van der Waals surface area (Å²) in [6.07, 6.45) is 0.825. The lowest BCUT2D eigenvalue weighted by Gasteiger charge is -1.96. The third kappa shape index (κ3) is 1.19. The van der Waals surface area contributed by atoms with Gasteiger partial charge in [0.25, 0.3) is 0 Å². The molecule has 2 aromatic rings. The first-order valence-electron chi connectivity index (χ1n) is 3.71. The molecule has 0 saturated carbocycles. The summed E-state index contributed by atoms with van der Waals surface area (Å²) in [7, 11) is 0. The van der Waals surface area contributed by atoms with E-state index in [4.69, 9.17) is 11.6 Å². The van der Waals surface area contributed by atoms with Crippen LogP contribution in [0.2, 0.25) is 5.15 Å². The van der Waals surface area contributed by atoms with Crippen molar-refractivity contribution in [3.05, 3.63) is 22.4 Å². The maximum absolute atomic E-state index is 5.94. The van der Waals surface area contributed by atoms with Crippen LogP contribution in [0.1, 0.15) is 12.7 Å². The van der Waals surface area contributed by atoms with Crippen LogP contribution in [-0.2, 0) is 6.42 Å². The summed E-state index contributed by atoms with van der Waals surface area (Å²) in [5.74, 6) is 0.811. The zero-order chi connectivity index (χ0) is 8.55. The minimum absolute atomic E-state index is 0.576. The minimum Gasteiger partial charge on any atom is -0.232 e. The van der Waals surface area contributed by atoms with Gasteiger partial charge in [-0.1, -0.05) is 18.5 Å². The van der Waals surface area contributed by atoms with Crippen LogP contribution in [0, 0.1) is 0 Å². The Morgan fingerprint density at radius 2 is 2.33 bits per heavy atom. The fourth-order valence-electron chi connectivity index (χ4n) is 1.03. The Hall–Kier alpha value is -0.670. The lowest BCUT2D eigenvalue weighted by atomic mass is 10.4. The maximum Gasteiger partial charge on any atom is 0.150 e. The largest absolute Gasteiger partial charge is 0.232 e. The van der Waals surface area contributed by atoms with E-state index in [1.54, 1.807) is 11.3 Å². The molecule has 0 aliphatic heterocycles. The average molecular weight is 199 g/mol. The normalized spacial score (nSPS) is 10.8. The minimum atomic E-state index is 0.576. The quantitative estimate of drug-likeness (QED) is 0.659. The van der Waals surface area contributed by atoms with Gasteiger partial charge in [0.05, 0.1) is 10.2 Å². The molecular formula is C8H7ClN2S. The molecule has 2 aromatic heterocycles. The van der Waals surface area contributed by atoms with Gasteiger partial charge in [-0.3, -0.25) is 0 Å². The van der Waals surface area contributed by atoms with Gasteiger partial charge in [0.1, 0.15) is 5.82 Å². The molecule has 0 N–H and O–H groups in total. The molecule has 0 atom stereocenters. The number of aromatic nitrogens is 2. The Morgan fingerprint density at radius 1 is 1.50 bits per heavy atom. The molecular weight excluding hydrogens is 192 g/mol. The van der Waals surface area contributed by atoms with Gasteiger partial charge in [0, 0.05) is 6.42 Å². The van der Waals surface area contributed by atoms with E-state index in [9.17, 15) is 0 Å². The van der Waals surface area contributed by atoms with E-state index in [2.05, 4.69) is 9.97 Å². The molecule has 12 heavy (non-hydrogen) atoms. The Labute approximate surface area is 79.2 Å². The number of halogens is 1. The molecule has 0 fully saturated rings. The van der Waals surface area contributed by atoms with Crippen molar-refractivity contribution in [3.63, 3.8) is 0 Å². The molecule has 0 radical (unpaired) electrons. The van der Waals surface area contributed by atoms with E-state index in [0.29, 0.717) is 5.15 Å².